The number of fused-ring (bicyclic) bond motifs is 3. The summed E-state index contributed by atoms with van der Waals surface area (Å²) in [5, 5.41) is 2.36. The molecule has 4 rings (SSSR count). The van der Waals surface area contributed by atoms with Crippen molar-refractivity contribution in [1.29, 1.82) is 0 Å². The zero-order valence-corrected chi connectivity index (χ0v) is 18.5. The van der Waals surface area contributed by atoms with Gasteiger partial charge in [-0.3, -0.25) is 14.6 Å². The number of rotatable bonds is 4. The number of carbonyl (C=O) groups excluding carboxylic acids is 1. The van der Waals surface area contributed by atoms with Crippen LogP contribution in [0.5, 0.6) is 0 Å². The molecule has 3 aromatic rings. The van der Waals surface area contributed by atoms with Gasteiger partial charge in [0.2, 0.25) is 0 Å². The van der Waals surface area contributed by atoms with Crippen molar-refractivity contribution in [3.63, 3.8) is 0 Å². The van der Waals surface area contributed by atoms with Crippen molar-refractivity contribution in [3.8, 4) is 5.69 Å². The van der Waals surface area contributed by atoms with Gasteiger partial charge in [-0.25, -0.2) is 0 Å². The topological polar surface area (TPSA) is 64.0 Å². The van der Waals surface area contributed by atoms with Crippen LogP contribution in [0.2, 0.25) is 0 Å². The Morgan fingerprint density at radius 3 is 2.79 bits per heavy atom. The maximum atomic E-state index is 13.5. The minimum absolute atomic E-state index is 0.0813. The molecule has 0 saturated carbocycles. The minimum atomic E-state index is -4.54. The van der Waals surface area contributed by atoms with Gasteiger partial charge in [0.15, 0.2) is 5.43 Å². The van der Waals surface area contributed by atoms with E-state index in [1.807, 2.05) is 6.07 Å². The van der Waals surface area contributed by atoms with Gasteiger partial charge in [-0.15, -0.1) is 18.3 Å². The summed E-state index contributed by atoms with van der Waals surface area (Å²) in [6.45, 7) is 5.37. The molecule has 170 valence electrons. The number of amides is 1. The number of aromatic nitrogens is 2. The highest BCUT2D eigenvalue weighted by Gasteiger charge is 2.34. The van der Waals surface area contributed by atoms with E-state index in [2.05, 4.69) is 16.9 Å². The zero-order valence-electron chi connectivity index (χ0n) is 17.6. The Labute approximate surface area is 192 Å². The van der Waals surface area contributed by atoms with Gasteiger partial charge in [-0.05, 0) is 36.8 Å². The molecular formula is C24H20F3N3O2S. The largest absolute Gasteiger partial charge is 0.416 e. The van der Waals surface area contributed by atoms with Crippen molar-refractivity contribution in [2.24, 2.45) is 0 Å². The van der Waals surface area contributed by atoms with Gasteiger partial charge >= 0.3 is 6.18 Å². The fraction of sp³-hybridized carbons (Fsp3) is 0.208. The van der Waals surface area contributed by atoms with E-state index in [0.29, 0.717) is 16.3 Å². The molecule has 1 N–H and O–H groups in total. The number of aryl methyl sites for hydroxylation is 1. The van der Waals surface area contributed by atoms with Crippen LogP contribution in [0.15, 0.2) is 71.1 Å². The standard InChI is InChI=1S/C24H20F3N3O2S/c1-3-8-29-23(32)22-18-12-21(15-5-4-9-28-13-15)33-20-7-6-16(24(25,26)27)11-17(20)30(18)14(2)10-19(22)31/h3-7,9-11,13,21H,1,8,12H2,2H3,(H,29,32). The Hall–Kier alpha value is -3.33. The van der Waals surface area contributed by atoms with E-state index < -0.39 is 23.1 Å². The number of benzene rings is 1. The summed E-state index contributed by atoms with van der Waals surface area (Å²) in [6.07, 6.45) is 0.515. The number of hydrogen-bond acceptors (Lipinski definition) is 4. The van der Waals surface area contributed by atoms with E-state index in [9.17, 15) is 22.8 Å². The predicted octanol–water partition coefficient (Wildman–Crippen LogP) is 4.87. The second-order valence-corrected chi connectivity index (χ2v) is 8.83. The lowest BCUT2D eigenvalue weighted by Gasteiger charge is -2.20. The van der Waals surface area contributed by atoms with E-state index in [0.717, 1.165) is 17.7 Å². The van der Waals surface area contributed by atoms with Crippen molar-refractivity contribution in [1.82, 2.24) is 14.9 Å². The fourth-order valence-corrected chi connectivity index (χ4v) is 5.15. The number of alkyl halides is 3. The summed E-state index contributed by atoms with van der Waals surface area (Å²) in [5.74, 6) is -0.589. The molecule has 5 nitrogen and oxygen atoms in total. The summed E-state index contributed by atoms with van der Waals surface area (Å²) < 4.78 is 42.2. The van der Waals surface area contributed by atoms with Crippen molar-refractivity contribution >= 4 is 17.7 Å². The third-order valence-corrected chi connectivity index (χ3v) is 6.69. The summed E-state index contributed by atoms with van der Waals surface area (Å²) in [4.78, 5) is 30.6. The van der Waals surface area contributed by atoms with E-state index in [1.54, 1.807) is 30.0 Å². The predicted molar refractivity (Wildman–Crippen MR) is 121 cm³/mol. The fourth-order valence-electron chi connectivity index (χ4n) is 3.91. The average Bonchev–Trinajstić information content (AvgIpc) is 2.94. The molecule has 1 aliphatic rings. The first-order valence-electron chi connectivity index (χ1n) is 10.1. The van der Waals surface area contributed by atoms with Crippen LogP contribution < -0.4 is 10.7 Å². The van der Waals surface area contributed by atoms with Gasteiger partial charge in [0, 0.05) is 53.0 Å². The van der Waals surface area contributed by atoms with Crippen molar-refractivity contribution in [2.75, 3.05) is 6.54 Å². The van der Waals surface area contributed by atoms with Crippen LogP contribution in [0.4, 0.5) is 13.2 Å². The number of nitrogens with one attached hydrogen (secondary N) is 1. The first-order valence-corrected chi connectivity index (χ1v) is 11.0. The second kappa shape index (κ2) is 8.90. The van der Waals surface area contributed by atoms with Crippen LogP contribution in [-0.2, 0) is 12.6 Å². The Balaban J connectivity index is 2.01. The van der Waals surface area contributed by atoms with Crippen LogP contribution in [0.1, 0.15) is 38.1 Å². The van der Waals surface area contributed by atoms with E-state index >= 15 is 0 Å². The van der Waals surface area contributed by atoms with E-state index in [1.165, 1.54) is 30.0 Å². The normalized spacial score (nSPS) is 15.2. The molecule has 1 atom stereocenters. The first-order chi connectivity index (χ1) is 15.7. The smallest absolute Gasteiger partial charge is 0.348 e. The molecule has 0 bridgehead atoms. The highest BCUT2D eigenvalue weighted by atomic mass is 32.2. The number of pyridine rings is 2. The van der Waals surface area contributed by atoms with Gasteiger partial charge in [0.25, 0.3) is 5.91 Å². The second-order valence-electron chi connectivity index (χ2n) is 7.58. The molecular weight excluding hydrogens is 451 g/mol. The van der Waals surface area contributed by atoms with Crippen LogP contribution >= 0.6 is 11.8 Å². The molecule has 0 fully saturated rings. The average molecular weight is 472 g/mol. The molecule has 1 unspecified atom stereocenters. The van der Waals surface area contributed by atoms with Crippen molar-refractivity contribution in [3.05, 3.63) is 99.7 Å². The molecule has 0 saturated heterocycles. The Bertz CT molecular complexity index is 1290. The number of nitrogens with zero attached hydrogens (tertiary/aromatic N) is 2. The van der Waals surface area contributed by atoms with Crippen molar-refractivity contribution in [2.45, 2.75) is 29.7 Å². The quantitative estimate of drug-likeness (QED) is 0.552. The van der Waals surface area contributed by atoms with Crippen molar-refractivity contribution < 1.29 is 18.0 Å². The van der Waals surface area contributed by atoms with Gasteiger partial charge < -0.3 is 9.88 Å². The van der Waals surface area contributed by atoms with Crippen LogP contribution in [0, 0.1) is 6.92 Å². The Kier molecular flexibility index (Phi) is 6.16. The molecule has 0 radical (unpaired) electrons. The molecule has 2 aromatic heterocycles. The monoisotopic (exact) mass is 471 g/mol. The van der Waals surface area contributed by atoms with Gasteiger partial charge in [-0.2, -0.15) is 13.2 Å². The maximum Gasteiger partial charge on any atom is 0.416 e. The molecule has 33 heavy (non-hydrogen) atoms. The van der Waals surface area contributed by atoms with Gasteiger partial charge in [-0.1, -0.05) is 12.1 Å². The van der Waals surface area contributed by atoms with Gasteiger partial charge in [0.05, 0.1) is 11.3 Å². The highest BCUT2D eigenvalue weighted by Crippen LogP contribution is 2.45. The summed E-state index contributed by atoms with van der Waals surface area (Å²) in [5.41, 5.74) is 0.570. The number of halogens is 3. The van der Waals surface area contributed by atoms with E-state index in [-0.39, 0.29) is 29.5 Å². The molecule has 1 amide bonds. The van der Waals surface area contributed by atoms with Crippen LogP contribution in [0.25, 0.3) is 5.69 Å². The lowest BCUT2D eigenvalue weighted by molar-refractivity contribution is -0.137. The van der Waals surface area contributed by atoms with E-state index in [4.69, 9.17) is 0 Å². The number of hydrogen-bond donors (Lipinski definition) is 1. The molecule has 1 aromatic carbocycles. The SMILES string of the molecule is C=CCNC(=O)c1c2n(c(C)cc1=O)-c1cc(C(F)(F)F)ccc1SC(c1cccnc1)C2. The molecule has 0 spiro atoms. The Morgan fingerprint density at radius 1 is 1.33 bits per heavy atom. The Morgan fingerprint density at radius 2 is 2.12 bits per heavy atom. The zero-order chi connectivity index (χ0) is 23.8. The summed E-state index contributed by atoms with van der Waals surface area (Å²) in [7, 11) is 0. The maximum absolute atomic E-state index is 13.5. The molecule has 1 aliphatic heterocycles. The highest BCUT2D eigenvalue weighted by molar-refractivity contribution is 7.99. The number of carbonyl (C=O) groups is 1. The van der Waals surface area contributed by atoms with Gasteiger partial charge in [0.1, 0.15) is 5.56 Å². The molecule has 3 heterocycles. The lowest BCUT2D eigenvalue weighted by atomic mass is 10.0. The third-order valence-electron chi connectivity index (χ3n) is 5.36. The molecule has 9 heteroatoms. The minimum Gasteiger partial charge on any atom is -0.348 e. The third kappa shape index (κ3) is 4.45. The first kappa shape index (κ1) is 22.8. The summed E-state index contributed by atoms with van der Waals surface area (Å²) >= 11 is 1.38. The van der Waals surface area contributed by atoms with Crippen LogP contribution in [0.3, 0.4) is 0 Å². The van der Waals surface area contributed by atoms with Crippen LogP contribution in [-0.4, -0.2) is 22.0 Å². The molecule has 0 aliphatic carbocycles. The summed E-state index contributed by atoms with van der Waals surface area (Å²) in [6, 6.07) is 8.49. The lowest BCUT2D eigenvalue weighted by Crippen LogP contribution is -2.32. The number of thioether (sulfide) groups is 1.